The van der Waals surface area contributed by atoms with Crippen molar-refractivity contribution in [3.8, 4) is 11.5 Å². The van der Waals surface area contributed by atoms with Gasteiger partial charge in [0.1, 0.15) is 16.4 Å². The Morgan fingerprint density at radius 2 is 1.76 bits per heavy atom. The Morgan fingerprint density at radius 3 is 2.38 bits per heavy atom. The number of methoxy groups -OCH3 is 1. The van der Waals surface area contributed by atoms with Gasteiger partial charge in [-0.2, -0.15) is 4.31 Å². The average Bonchev–Trinajstić information content (AvgIpc) is 2.75. The number of sulfonamides is 1. The van der Waals surface area contributed by atoms with Gasteiger partial charge < -0.3 is 14.8 Å². The molecule has 1 amide bonds. The number of carbonyl (C=O) groups excluding carboxylic acids is 1. The van der Waals surface area contributed by atoms with Gasteiger partial charge in [0, 0.05) is 24.3 Å². The summed E-state index contributed by atoms with van der Waals surface area (Å²) in [5.74, 6) is 0.546. The zero-order valence-electron chi connectivity index (χ0n) is 16.7. The van der Waals surface area contributed by atoms with Crippen molar-refractivity contribution in [3.05, 3.63) is 48.0 Å². The summed E-state index contributed by atoms with van der Waals surface area (Å²) in [6.07, 6.45) is 2.69. The van der Waals surface area contributed by atoms with Crippen molar-refractivity contribution >= 4 is 21.6 Å². The molecule has 1 saturated heterocycles. The smallest absolute Gasteiger partial charge is 0.255 e. The fourth-order valence-electron chi connectivity index (χ4n) is 3.27. The Kier molecular flexibility index (Phi) is 6.76. The molecule has 0 aromatic heterocycles. The van der Waals surface area contributed by atoms with Crippen LogP contribution in [-0.2, 0) is 10.0 Å². The molecule has 0 bridgehead atoms. The van der Waals surface area contributed by atoms with Crippen LogP contribution in [0.4, 0.5) is 5.69 Å². The van der Waals surface area contributed by atoms with E-state index >= 15 is 0 Å². The van der Waals surface area contributed by atoms with Crippen molar-refractivity contribution in [2.45, 2.75) is 31.1 Å². The maximum absolute atomic E-state index is 13.1. The minimum absolute atomic E-state index is 0.0150. The van der Waals surface area contributed by atoms with E-state index in [9.17, 15) is 13.2 Å². The molecule has 2 aromatic rings. The highest BCUT2D eigenvalue weighted by atomic mass is 32.2. The van der Waals surface area contributed by atoms with Crippen molar-refractivity contribution in [3.63, 3.8) is 0 Å². The SMILES string of the molecule is CCOc1ccc(NC(=O)c2ccc(OC)c(S(=O)(=O)N3CCCCC3)c2)cc1. The quantitative estimate of drug-likeness (QED) is 0.744. The molecule has 1 fully saturated rings. The molecule has 7 nitrogen and oxygen atoms in total. The summed E-state index contributed by atoms with van der Waals surface area (Å²) in [7, 11) is -2.31. The molecule has 1 heterocycles. The molecule has 29 heavy (non-hydrogen) atoms. The molecule has 0 unspecified atom stereocenters. The lowest BCUT2D eigenvalue weighted by Crippen LogP contribution is -2.35. The standard InChI is InChI=1S/C21H26N2O5S/c1-3-28-18-10-8-17(9-11-18)22-21(24)16-7-12-19(27-2)20(15-16)29(25,26)23-13-5-4-6-14-23/h7-12,15H,3-6,13-14H2,1-2H3,(H,22,24). The number of piperidine rings is 1. The summed E-state index contributed by atoms with van der Waals surface area (Å²) in [5, 5.41) is 2.78. The van der Waals surface area contributed by atoms with Crippen LogP contribution < -0.4 is 14.8 Å². The summed E-state index contributed by atoms with van der Waals surface area (Å²) in [5.41, 5.74) is 0.838. The van der Waals surface area contributed by atoms with Gasteiger partial charge in [-0.25, -0.2) is 8.42 Å². The molecule has 0 aliphatic carbocycles. The predicted octanol–water partition coefficient (Wildman–Crippen LogP) is 3.52. The molecule has 1 N–H and O–H groups in total. The van der Waals surface area contributed by atoms with Gasteiger partial charge >= 0.3 is 0 Å². The Hall–Kier alpha value is -2.58. The Morgan fingerprint density at radius 1 is 1.07 bits per heavy atom. The number of nitrogens with one attached hydrogen (secondary N) is 1. The number of ether oxygens (including phenoxy) is 2. The summed E-state index contributed by atoms with van der Waals surface area (Å²) in [6, 6.07) is 11.4. The van der Waals surface area contributed by atoms with E-state index in [1.807, 2.05) is 6.92 Å². The highest BCUT2D eigenvalue weighted by Gasteiger charge is 2.29. The maximum Gasteiger partial charge on any atom is 0.255 e. The van der Waals surface area contributed by atoms with Crippen LogP contribution >= 0.6 is 0 Å². The molecule has 0 spiro atoms. The van der Waals surface area contributed by atoms with Gasteiger partial charge in [-0.15, -0.1) is 0 Å². The first-order valence-corrected chi connectivity index (χ1v) is 11.1. The van der Waals surface area contributed by atoms with Crippen LogP contribution in [0, 0.1) is 0 Å². The molecule has 1 aliphatic rings. The molecule has 1 aliphatic heterocycles. The van der Waals surface area contributed by atoms with E-state index in [1.54, 1.807) is 30.3 Å². The zero-order valence-corrected chi connectivity index (χ0v) is 17.5. The summed E-state index contributed by atoms with van der Waals surface area (Å²) >= 11 is 0. The number of rotatable bonds is 7. The summed E-state index contributed by atoms with van der Waals surface area (Å²) in [4.78, 5) is 12.7. The molecule has 8 heteroatoms. The van der Waals surface area contributed by atoms with Crippen molar-refractivity contribution in [2.24, 2.45) is 0 Å². The Labute approximate surface area is 171 Å². The Balaban J connectivity index is 1.84. The van der Waals surface area contributed by atoms with Gasteiger partial charge in [0.15, 0.2) is 0 Å². The van der Waals surface area contributed by atoms with Gasteiger partial charge in [0.2, 0.25) is 10.0 Å². The number of amides is 1. The summed E-state index contributed by atoms with van der Waals surface area (Å²) < 4.78 is 38.3. The van der Waals surface area contributed by atoms with E-state index in [2.05, 4.69) is 5.32 Å². The van der Waals surface area contributed by atoms with Crippen LogP contribution in [-0.4, -0.2) is 45.4 Å². The van der Waals surface area contributed by atoms with E-state index in [0.717, 1.165) is 19.3 Å². The first-order chi connectivity index (χ1) is 14.0. The van der Waals surface area contributed by atoms with Crippen LogP contribution in [0.5, 0.6) is 11.5 Å². The topological polar surface area (TPSA) is 84.9 Å². The monoisotopic (exact) mass is 418 g/mol. The summed E-state index contributed by atoms with van der Waals surface area (Å²) in [6.45, 7) is 3.42. The van der Waals surface area contributed by atoms with Crippen molar-refractivity contribution in [1.29, 1.82) is 0 Å². The zero-order chi connectivity index (χ0) is 20.9. The van der Waals surface area contributed by atoms with Gasteiger partial charge in [-0.05, 0) is 62.2 Å². The second-order valence-electron chi connectivity index (χ2n) is 6.74. The van der Waals surface area contributed by atoms with Gasteiger partial charge in [0.05, 0.1) is 13.7 Å². The number of nitrogens with zero attached hydrogens (tertiary/aromatic N) is 1. The first kappa shape index (κ1) is 21.1. The fourth-order valence-corrected chi connectivity index (χ4v) is 4.97. The third kappa shape index (κ3) is 4.89. The van der Waals surface area contributed by atoms with Crippen LogP contribution in [0.25, 0.3) is 0 Å². The third-order valence-electron chi connectivity index (χ3n) is 4.78. The van der Waals surface area contributed by atoms with Crippen LogP contribution in [0.1, 0.15) is 36.5 Å². The molecular formula is C21H26N2O5S. The van der Waals surface area contributed by atoms with Crippen molar-refractivity contribution in [2.75, 3.05) is 32.1 Å². The molecule has 0 atom stereocenters. The minimum atomic E-state index is -3.73. The third-order valence-corrected chi connectivity index (χ3v) is 6.70. The van der Waals surface area contributed by atoms with E-state index < -0.39 is 15.9 Å². The number of anilines is 1. The van der Waals surface area contributed by atoms with E-state index in [4.69, 9.17) is 9.47 Å². The lowest BCUT2D eigenvalue weighted by atomic mass is 10.2. The molecule has 0 radical (unpaired) electrons. The van der Waals surface area contributed by atoms with E-state index in [-0.39, 0.29) is 16.2 Å². The lowest BCUT2D eigenvalue weighted by Gasteiger charge is -2.26. The largest absolute Gasteiger partial charge is 0.495 e. The maximum atomic E-state index is 13.1. The average molecular weight is 419 g/mol. The van der Waals surface area contributed by atoms with Crippen molar-refractivity contribution < 1.29 is 22.7 Å². The number of hydrogen-bond acceptors (Lipinski definition) is 5. The fraction of sp³-hybridized carbons (Fsp3) is 0.381. The van der Waals surface area contributed by atoms with Crippen LogP contribution in [0.2, 0.25) is 0 Å². The van der Waals surface area contributed by atoms with E-state index in [1.165, 1.54) is 23.5 Å². The molecule has 156 valence electrons. The predicted molar refractivity (Wildman–Crippen MR) is 111 cm³/mol. The number of hydrogen-bond donors (Lipinski definition) is 1. The van der Waals surface area contributed by atoms with Gasteiger partial charge in [-0.3, -0.25) is 4.79 Å². The molecule has 2 aromatic carbocycles. The molecular weight excluding hydrogens is 392 g/mol. The highest BCUT2D eigenvalue weighted by molar-refractivity contribution is 7.89. The second kappa shape index (κ2) is 9.28. The second-order valence-corrected chi connectivity index (χ2v) is 8.65. The highest BCUT2D eigenvalue weighted by Crippen LogP contribution is 2.30. The number of carbonyl (C=O) groups is 1. The van der Waals surface area contributed by atoms with Gasteiger partial charge in [0.25, 0.3) is 5.91 Å². The lowest BCUT2D eigenvalue weighted by molar-refractivity contribution is 0.102. The number of benzene rings is 2. The minimum Gasteiger partial charge on any atom is -0.495 e. The first-order valence-electron chi connectivity index (χ1n) is 9.68. The Bertz CT molecular complexity index is 952. The van der Waals surface area contributed by atoms with Crippen molar-refractivity contribution in [1.82, 2.24) is 4.31 Å². The van der Waals surface area contributed by atoms with Crippen LogP contribution in [0.3, 0.4) is 0 Å². The van der Waals surface area contributed by atoms with Gasteiger partial charge in [-0.1, -0.05) is 6.42 Å². The van der Waals surface area contributed by atoms with Crippen LogP contribution in [0.15, 0.2) is 47.4 Å². The normalized spacial score (nSPS) is 15.0. The molecule has 3 rings (SSSR count). The van der Waals surface area contributed by atoms with E-state index in [0.29, 0.717) is 31.1 Å². The molecule has 0 saturated carbocycles.